The fraction of sp³-hybridized carbons (Fsp3) is 0.467. The molecule has 0 aromatic heterocycles. The van der Waals surface area contributed by atoms with Gasteiger partial charge in [0.25, 0.3) is 0 Å². The van der Waals surface area contributed by atoms with Crippen LogP contribution in [0.25, 0.3) is 0 Å². The molecule has 114 valence electrons. The van der Waals surface area contributed by atoms with Crippen LogP contribution >= 0.6 is 0 Å². The molecule has 6 nitrogen and oxygen atoms in total. The lowest BCUT2D eigenvalue weighted by molar-refractivity contribution is -0.155. The van der Waals surface area contributed by atoms with Crippen LogP contribution in [0.5, 0.6) is 5.75 Å². The van der Waals surface area contributed by atoms with Crippen molar-refractivity contribution in [2.24, 2.45) is 0 Å². The van der Waals surface area contributed by atoms with E-state index in [0.717, 1.165) is 11.1 Å². The first-order chi connectivity index (χ1) is 9.93. The Labute approximate surface area is 123 Å². The maximum atomic E-state index is 12.0. The molecule has 1 aromatic carbocycles. The highest BCUT2D eigenvalue weighted by molar-refractivity contribution is 6.35. The van der Waals surface area contributed by atoms with Gasteiger partial charge in [0.1, 0.15) is 5.75 Å². The Balaban J connectivity index is 2.24. The first-order valence-electron chi connectivity index (χ1n) is 6.83. The van der Waals surface area contributed by atoms with E-state index in [4.69, 9.17) is 4.74 Å². The second-order valence-electron chi connectivity index (χ2n) is 5.20. The summed E-state index contributed by atoms with van der Waals surface area (Å²) in [6.07, 6.45) is -0.598. The standard InChI is InChI=1S/C15H20N2O4/c1-10(18)11-4-5-13(21-3)12(8-11)9-17-7-6-16(2)14(19)15(17)20/h4-5,8,10,18H,6-7,9H2,1-3H3. The van der Waals surface area contributed by atoms with Crippen LogP contribution in [0.3, 0.4) is 0 Å². The summed E-state index contributed by atoms with van der Waals surface area (Å²) < 4.78 is 5.29. The van der Waals surface area contributed by atoms with Gasteiger partial charge in [-0.05, 0) is 24.6 Å². The molecule has 0 radical (unpaired) electrons. The van der Waals surface area contributed by atoms with E-state index < -0.39 is 17.9 Å². The number of ether oxygens (including phenoxy) is 1. The van der Waals surface area contributed by atoms with Gasteiger partial charge in [0.15, 0.2) is 0 Å². The Morgan fingerprint density at radius 2 is 2.00 bits per heavy atom. The highest BCUT2D eigenvalue weighted by Gasteiger charge is 2.30. The van der Waals surface area contributed by atoms with E-state index in [1.165, 1.54) is 9.80 Å². The minimum Gasteiger partial charge on any atom is -0.496 e. The molecule has 1 unspecified atom stereocenters. The van der Waals surface area contributed by atoms with Gasteiger partial charge in [-0.2, -0.15) is 0 Å². The Bertz CT molecular complexity index is 557. The Kier molecular flexibility index (Phi) is 4.47. The Morgan fingerprint density at radius 3 is 2.62 bits per heavy atom. The number of methoxy groups -OCH3 is 1. The average Bonchev–Trinajstić information content (AvgIpc) is 2.47. The molecule has 1 saturated heterocycles. The average molecular weight is 292 g/mol. The third kappa shape index (κ3) is 3.16. The third-order valence-corrected chi connectivity index (χ3v) is 3.67. The predicted molar refractivity (Wildman–Crippen MR) is 76.7 cm³/mol. The lowest BCUT2D eigenvalue weighted by Crippen LogP contribution is -2.52. The molecule has 6 heteroatoms. The zero-order valence-electron chi connectivity index (χ0n) is 12.5. The van der Waals surface area contributed by atoms with Crippen LogP contribution in [-0.4, -0.2) is 54.0 Å². The number of carbonyl (C=O) groups is 2. The predicted octanol–water partition coefficient (Wildman–Crippen LogP) is 0.549. The number of nitrogens with zero attached hydrogens (tertiary/aromatic N) is 2. The minimum atomic E-state index is -0.598. The first-order valence-corrected chi connectivity index (χ1v) is 6.83. The molecule has 2 rings (SSSR count). The van der Waals surface area contributed by atoms with Crippen molar-refractivity contribution in [1.82, 2.24) is 9.80 Å². The number of aliphatic hydroxyl groups excluding tert-OH is 1. The van der Waals surface area contributed by atoms with Gasteiger partial charge in [0, 0.05) is 32.2 Å². The smallest absolute Gasteiger partial charge is 0.312 e. The lowest BCUT2D eigenvalue weighted by atomic mass is 10.1. The van der Waals surface area contributed by atoms with Crippen molar-refractivity contribution in [3.63, 3.8) is 0 Å². The van der Waals surface area contributed by atoms with Gasteiger partial charge in [-0.25, -0.2) is 0 Å². The largest absolute Gasteiger partial charge is 0.496 e. The molecule has 0 spiro atoms. The van der Waals surface area contributed by atoms with Crippen LogP contribution in [0, 0.1) is 0 Å². The van der Waals surface area contributed by atoms with Crippen molar-refractivity contribution in [1.29, 1.82) is 0 Å². The molecule has 1 atom stereocenters. The Morgan fingerprint density at radius 1 is 1.29 bits per heavy atom. The van der Waals surface area contributed by atoms with Gasteiger partial charge in [-0.1, -0.05) is 6.07 Å². The van der Waals surface area contributed by atoms with Crippen LogP contribution in [0.2, 0.25) is 0 Å². The first kappa shape index (κ1) is 15.3. The zero-order chi connectivity index (χ0) is 15.6. The topological polar surface area (TPSA) is 70.1 Å². The molecule has 1 aliphatic heterocycles. The molecule has 1 aliphatic rings. The summed E-state index contributed by atoms with van der Waals surface area (Å²) in [5.41, 5.74) is 1.53. The molecule has 1 aromatic rings. The molecular formula is C15H20N2O4. The molecule has 2 amide bonds. The number of aliphatic hydroxyl groups is 1. The quantitative estimate of drug-likeness (QED) is 0.823. The summed E-state index contributed by atoms with van der Waals surface area (Å²) in [6, 6.07) is 5.35. The van der Waals surface area contributed by atoms with E-state index in [-0.39, 0.29) is 0 Å². The van der Waals surface area contributed by atoms with Crippen LogP contribution in [0.4, 0.5) is 0 Å². The number of carbonyl (C=O) groups excluding carboxylic acids is 2. The number of piperazine rings is 1. The van der Waals surface area contributed by atoms with Gasteiger partial charge in [-0.15, -0.1) is 0 Å². The van der Waals surface area contributed by atoms with Gasteiger partial charge < -0.3 is 19.6 Å². The molecule has 0 saturated carbocycles. The SMILES string of the molecule is COc1ccc(C(C)O)cc1CN1CCN(C)C(=O)C1=O. The number of amides is 2. The van der Waals surface area contributed by atoms with E-state index >= 15 is 0 Å². The van der Waals surface area contributed by atoms with Crippen molar-refractivity contribution in [3.05, 3.63) is 29.3 Å². The number of hydrogen-bond donors (Lipinski definition) is 1. The second kappa shape index (κ2) is 6.13. The van der Waals surface area contributed by atoms with E-state index in [1.807, 2.05) is 0 Å². The molecule has 1 heterocycles. The van der Waals surface area contributed by atoms with Crippen molar-refractivity contribution in [3.8, 4) is 5.75 Å². The van der Waals surface area contributed by atoms with Crippen LogP contribution in [0.15, 0.2) is 18.2 Å². The summed E-state index contributed by atoms with van der Waals surface area (Å²) >= 11 is 0. The Hall–Kier alpha value is -2.08. The second-order valence-corrected chi connectivity index (χ2v) is 5.20. The van der Waals surface area contributed by atoms with Crippen molar-refractivity contribution in [2.45, 2.75) is 19.6 Å². The highest BCUT2D eigenvalue weighted by Crippen LogP contribution is 2.25. The maximum absolute atomic E-state index is 12.0. The van der Waals surface area contributed by atoms with Crippen LogP contribution in [0.1, 0.15) is 24.2 Å². The fourth-order valence-electron chi connectivity index (χ4n) is 2.31. The minimum absolute atomic E-state index is 0.294. The molecule has 1 fully saturated rings. The van der Waals surface area contributed by atoms with E-state index in [2.05, 4.69) is 0 Å². The molecule has 0 aliphatic carbocycles. The zero-order valence-corrected chi connectivity index (χ0v) is 12.5. The third-order valence-electron chi connectivity index (χ3n) is 3.67. The number of rotatable bonds is 4. The summed E-state index contributed by atoms with van der Waals surface area (Å²) in [5.74, 6) is -0.362. The van der Waals surface area contributed by atoms with Crippen molar-refractivity contribution >= 4 is 11.8 Å². The van der Waals surface area contributed by atoms with Crippen LogP contribution < -0.4 is 4.74 Å². The van der Waals surface area contributed by atoms with E-state index in [1.54, 1.807) is 39.3 Å². The number of hydrogen-bond acceptors (Lipinski definition) is 4. The van der Waals surface area contributed by atoms with E-state index in [9.17, 15) is 14.7 Å². The fourth-order valence-corrected chi connectivity index (χ4v) is 2.31. The monoisotopic (exact) mass is 292 g/mol. The lowest BCUT2D eigenvalue weighted by Gasteiger charge is -2.31. The molecule has 0 bridgehead atoms. The van der Waals surface area contributed by atoms with Gasteiger partial charge in [0.2, 0.25) is 0 Å². The molecular weight excluding hydrogens is 272 g/mol. The summed E-state index contributed by atoms with van der Waals surface area (Å²) in [4.78, 5) is 26.6. The van der Waals surface area contributed by atoms with Crippen molar-refractivity contribution in [2.75, 3.05) is 27.2 Å². The molecule has 1 N–H and O–H groups in total. The normalized spacial score (nSPS) is 17.1. The van der Waals surface area contributed by atoms with E-state index in [0.29, 0.717) is 25.4 Å². The number of likely N-dealkylation sites (N-methyl/N-ethyl adjacent to an activating group) is 1. The van der Waals surface area contributed by atoms with Gasteiger partial charge in [-0.3, -0.25) is 9.59 Å². The summed E-state index contributed by atoms with van der Waals surface area (Å²) in [5, 5.41) is 9.66. The van der Waals surface area contributed by atoms with Gasteiger partial charge in [0.05, 0.1) is 13.2 Å². The summed E-state index contributed by atoms with van der Waals surface area (Å²) in [6.45, 7) is 2.98. The highest BCUT2D eigenvalue weighted by atomic mass is 16.5. The van der Waals surface area contributed by atoms with Crippen molar-refractivity contribution < 1.29 is 19.4 Å². The maximum Gasteiger partial charge on any atom is 0.312 e. The molecule has 21 heavy (non-hydrogen) atoms. The summed E-state index contributed by atoms with van der Waals surface area (Å²) in [7, 11) is 3.17. The van der Waals surface area contributed by atoms with Gasteiger partial charge >= 0.3 is 11.8 Å². The number of benzene rings is 1. The van der Waals surface area contributed by atoms with Crippen LogP contribution in [-0.2, 0) is 16.1 Å².